The van der Waals surface area contributed by atoms with E-state index in [9.17, 15) is 5.11 Å². The largest absolute Gasteiger partial charge is 0.393 e. The fraction of sp³-hybridized carbons (Fsp3) is 1.00. The van der Waals surface area contributed by atoms with Crippen molar-refractivity contribution in [2.45, 2.75) is 64.9 Å². The molecule has 1 N–H and O–H groups in total. The average molecular weight is 184 g/mol. The third-order valence-corrected chi connectivity index (χ3v) is 3.56. The zero-order valence-corrected chi connectivity index (χ0v) is 9.13. The smallest absolute Gasteiger partial charge is 0.0568 e. The molecule has 1 heteroatoms. The van der Waals surface area contributed by atoms with E-state index < -0.39 is 0 Å². The molecule has 0 spiro atoms. The lowest BCUT2D eigenvalue weighted by molar-refractivity contribution is 0.0791. The Morgan fingerprint density at radius 1 is 1.31 bits per heavy atom. The molecule has 0 aromatic rings. The normalized spacial score (nSPS) is 30.7. The molecule has 0 aromatic heterocycles. The van der Waals surface area contributed by atoms with Crippen LogP contribution in [0.2, 0.25) is 0 Å². The maximum atomic E-state index is 9.83. The van der Waals surface area contributed by atoms with Gasteiger partial charge in [-0.15, -0.1) is 0 Å². The Labute approximate surface area is 82.5 Å². The highest BCUT2D eigenvalue weighted by atomic mass is 16.3. The molecule has 3 unspecified atom stereocenters. The van der Waals surface area contributed by atoms with Crippen LogP contribution >= 0.6 is 0 Å². The van der Waals surface area contributed by atoms with Crippen molar-refractivity contribution in [2.24, 2.45) is 11.8 Å². The van der Waals surface area contributed by atoms with Crippen LogP contribution in [0.3, 0.4) is 0 Å². The van der Waals surface area contributed by atoms with Crippen LogP contribution in [0.15, 0.2) is 0 Å². The first-order valence-electron chi connectivity index (χ1n) is 5.97. The third-order valence-electron chi connectivity index (χ3n) is 3.56. The van der Waals surface area contributed by atoms with E-state index in [2.05, 4.69) is 13.8 Å². The number of aliphatic hydroxyl groups excluding tert-OH is 1. The van der Waals surface area contributed by atoms with E-state index >= 15 is 0 Å². The number of rotatable bonds is 5. The molecule has 78 valence electrons. The lowest BCUT2D eigenvalue weighted by atomic mass is 9.86. The van der Waals surface area contributed by atoms with Crippen molar-refractivity contribution in [3.63, 3.8) is 0 Å². The van der Waals surface area contributed by atoms with Gasteiger partial charge in [-0.1, -0.05) is 46.0 Å². The molecule has 1 saturated carbocycles. The summed E-state index contributed by atoms with van der Waals surface area (Å²) < 4.78 is 0. The number of hydrogen-bond acceptors (Lipinski definition) is 1. The first-order chi connectivity index (χ1) is 6.29. The molecular formula is C12H24O. The Morgan fingerprint density at radius 2 is 2.08 bits per heavy atom. The lowest BCUT2D eigenvalue weighted by Crippen LogP contribution is -2.23. The second kappa shape index (κ2) is 5.64. The molecule has 1 rings (SSSR count). The second-order valence-electron chi connectivity index (χ2n) is 4.47. The summed E-state index contributed by atoms with van der Waals surface area (Å²) >= 11 is 0. The van der Waals surface area contributed by atoms with Crippen molar-refractivity contribution in [1.82, 2.24) is 0 Å². The highest BCUT2D eigenvalue weighted by Gasteiger charge is 2.30. The predicted octanol–water partition coefficient (Wildman–Crippen LogP) is 3.36. The second-order valence-corrected chi connectivity index (χ2v) is 4.47. The molecule has 0 bridgehead atoms. The minimum absolute atomic E-state index is 0.0237. The van der Waals surface area contributed by atoms with E-state index in [1.165, 1.54) is 38.5 Å². The molecule has 0 saturated heterocycles. The van der Waals surface area contributed by atoms with Gasteiger partial charge in [-0.3, -0.25) is 0 Å². The Bertz CT molecular complexity index is 133. The molecule has 13 heavy (non-hydrogen) atoms. The maximum Gasteiger partial charge on any atom is 0.0568 e. The van der Waals surface area contributed by atoms with Gasteiger partial charge in [-0.2, -0.15) is 0 Å². The standard InChI is InChI=1S/C12H24O/c1-3-5-7-10-8-6-9-11(10)12(13)4-2/h10-13H,3-9H2,1-2H3. The van der Waals surface area contributed by atoms with Crippen LogP contribution in [0.1, 0.15) is 58.8 Å². The van der Waals surface area contributed by atoms with Gasteiger partial charge in [0.25, 0.3) is 0 Å². The number of unbranched alkanes of at least 4 members (excludes halogenated alkanes) is 1. The van der Waals surface area contributed by atoms with Crippen LogP contribution in [0.5, 0.6) is 0 Å². The maximum absolute atomic E-state index is 9.83. The van der Waals surface area contributed by atoms with Gasteiger partial charge in [-0.25, -0.2) is 0 Å². The summed E-state index contributed by atoms with van der Waals surface area (Å²) in [6, 6.07) is 0. The van der Waals surface area contributed by atoms with Crippen LogP contribution in [0.4, 0.5) is 0 Å². The van der Waals surface area contributed by atoms with E-state index in [0.29, 0.717) is 5.92 Å². The fourth-order valence-corrected chi connectivity index (χ4v) is 2.70. The molecule has 1 fully saturated rings. The monoisotopic (exact) mass is 184 g/mol. The molecule has 0 amide bonds. The van der Waals surface area contributed by atoms with Crippen molar-refractivity contribution in [1.29, 1.82) is 0 Å². The van der Waals surface area contributed by atoms with Gasteiger partial charge in [0.2, 0.25) is 0 Å². The molecule has 3 atom stereocenters. The van der Waals surface area contributed by atoms with Crippen molar-refractivity contribution in [3.05, 3.63) is 0 Å². The van der Waals surface area contributed by atoms with Gasteiger partial charge in [-0.05, 0) is 24.7 Å². The van der Waals surface area contributed by atoms with Crippen molar-refractivity contribution < 1.29 is 5.11 Å². The van der Waals surface area contributed by atoms with Gasteiger partial charge in [0.1, 0.15) is 0 Å². The summed E-state index contributed by atoms with van der Waals surface area (Å²) in [5, 5.41) is 9.83. The van der Waals surface area contributed by atoms with Crippen LogP contribution in [0.25, 0.3) is 0 Å². The van der Waals surface area contributed by atoms with E-state index in [1.807, 2.05) is 0 Å². The number of hydrogen-bond donors (Lipinski definition) is 1. The van der Waals surface area contributed by atoms with Gasteiger partial charge in [0.05, 0.1) is 6.10 Å². The van der Waals surface area contributed by atoms with Crippen LogP contribution in [-0.2, 0) is 0 Å². The van der Waals surface area contributed by atoms with Crippen molar-refractivity contribution in [3.8, 4) is 0 Å². The van der Waals surface area contributed by atoms with Gasteiger partial charge >= 0.3 is 0 Å². The SMILES string of the molecule is CCCCC1CCCC1C(O)CC. The van der Waals surface area contributed by atoms with E-state index in [4.69, 9.17) is 0 Å². The molecule has 0 heterocycles. The Morgan fingerprint density at radius 3 is 2.69 bits per heavy atom. The van der Waals surface area contributed by atoms with Crippen molar-refractivity contribution >= 4 is 0 Å². The van der Waals surface area contributed by atoms with E-state index in [-0.39, 0.29) is 6.10 Å². The zero-order valence-electron chi connectivity index (χ0n) is 9.13. The molecule has 1 aliphatic carbocycles. The third kappa shape index (κ3) is 2.98. The first kappa shape index (κ1) is 11.0. The molecule has 0 radical (unpaired) electrons. The molecule has 1 aliphatic rings. The Hall–Kier alpha value is -0.0400. The minimum atomic E-state index is -0.0237. The predicted molar refractivity (Wildman–Crippen MR) is 56.7 cm³/mol. The highest BCUT2D eigenvalue weighted by Crippen LogP contribution is 2.38. The Balaban J connectivity index is 2.34. The molecular weight excluding hydrogens is 160 g/mol. The van der Waals surface area contributed by atoms with Crippen LogP contribution < -0.4 is 0 Å². The summed E-state index contributed by atoms with van der Waals surface area (Å²) in [5.41, 5.74) is 0. The zero-order chi connectivity index (χ0) is 9.68. The van der Waals surface area contributed by atoms with Gasteiger partial charge in [0.15, 0.2) is 0 Å². The van der Waals surface area contributed by atoms with Gasteiger partial charge in [0, 0.05) is 0 Å². The summed E-state index contributed by atoms with van der Waals surface area (Å²) in [4.78, 5) is 0. The fourth-order valence-electron chi connectivity index (χ4n) is 2.70. The molecule has 0 aromatic carbocycles. The summed E-state index contributed by atoms with van der Waals surface area (Å²) in [7, 11) is 0. The summed E-state index contributed by atoms with van der Waals surface area (Å²) in [6.07, 6.45) is 8.87. The Kier molecular flexibility index (Phi) is 4.79. The summed E-state index contributed by atoms with van der Waals surface area (Å²) in [5.74, 6) is 1.45. The highest BCUT2D eigenvalue weighted by molar-refractivity contribution is 4.81. The van der Waals surface area contributed by atoms with E-state index in [0.717, 1.165) is 12.3 Å². The summed E-state index contributed by atoms with van der Waals surface area (Å²) in [6.45, 7) is 4.35. The topological polar surface area (TPSA) is 20.2 Å². The van der Waals surface area contributed by atoms with Crippen LogP contribution in [-0.4, -0.2) is 11.2 Å². The minimum Gasteiger partial charge on any atom is -0.393 e. The molecule has 1 nitrogen and oxygen atoms in total. The first-order valence-corrected chi connectivity index (χ1v) is 5.97. The average Bonchev–Trinajstić information content (AvgIpc) is 2.61. The quantitative estimate of drug-likeness (QED) is 0.694. The van der Waals surface area contributed by atoms with E-state index in [1.54, 1.807) is 0 Å². The van der Waals surface area contributed by atoms with Crippen LogP contribution in [0, 0.1) is 11.8 Å². The van der Waals surface area contributed by atoms with Crippen molar-refractivity contribution in [2.75, 3.05) is 0 Å². The number of aliphatic hydroxyl groups is 1. The lowest BCUT2D eigenvalue weighted by Gasteiger charge is -2.23. The molecule has 0 aliphatic heterocycles. The van der Waals surface area contributed by atoms with Gasteiger partial charge < -0.3 is 5.11 Å².